The third kappa shape index (κ3) is 5.41. The first-order valence-electron chi connectivity index (χ1n) is 8.14. The van der Waals surface area contributed by atoms with Crippen molar-refractivity contribution in [3.63, 3.8) is 0 Å². The molecule has 1 amide bonds. The van der Waals surface area contributed by atoms with Crippen LogP contribution in [0.5, 0.6) is 0 Å². The van der Waals surface area contributed by atoms with Crippen LogP contribution in [0.15, 0.2) is 53.4 Å². The molecule has 2 aromatic rings. The minimum atomic E-state index is -3.61. The van der Waals surface area contributed by atoms with E-state index in [9.17, 15) is 13.2 Å². The molecule has 0 spiro atoms. The molecule has 0 fully saturated rings. The van der Waals surface area contributed by atoms with Gasteiger partial charge in [-0.2, -0.15) is 0 Å². The van der Waals surface area contributed by atoms with E-state index in [1.54, 1.807) is 31.0 Å². The molecule has 0 saturated carbocycles. The standard InChI is InChI=1S/C19H24N2O3S/c1-15-9-10-18(16(2)13-15)25(23,24)20-12-11-19(22)21(3)14-17-7-5-4-6-8-17/h4-10,13,20H,11-12,14H2,1-3H3. The van der Waals surface area contributed by atoms with E-state index in [2.05, 4.69) is 4.72 Å². The van der Waals surface area contributed by atoms with Gasteiger partial charge in [0.05, 0.1) is 4.90 Å². The van der Waals surface area contributed by atoms with Gasteiger partial charge in [-0.15, -0.1) is 0 Å². The van der Waals surface area contributed by atoms with Gasteiger partial charge < -0.3 is 4.90 Å². The number of nitrogens with zero attached hydrogens (tertiary/aromatic N) is 1. The average Bonchev–Trinajstić information content (AvgIpc) is 2.55. The molecule has 0 aliphatic rings. The van der Waals surface area contributed by atoms with Gasteiger partial charge in [-0.25, -0.2) is 13.1 Å². The molecule has 6 heteroatoms. The summed E-state index contributed by atoms with van der Waals surface area (Å²) >= 11 is 0. The second kappa shape index (κ2) is 8.27. The highest BCUT2D eigenvalue weighted by Crippen LogP contribution is 2.16. The van der Waals surface area contributed by atoms with E-state index in [1.165, 1.54) is 0 Å². The smallest absolute Gasteiger partial charge is 0.240 e. The highest BCUT2D eigenvalue weighted by Gasteiger charge is 2.17. The SMILES string of the molecule is Cc1ccc(S(=O)(=O)NCCC(=O)N(C)Cc2ccccc2)c(C)c1. The van der Waals surface area contributed by atoms with Crippen LogP contribution in [0.1, 0.15) is 23.1 Å². The van der Waals surface area contributed by atoms with Gasteiger partial charge >= 0.3 is 0 Å². The Morgan fingerprint density at radius 2 is 1.76 bits per heavy atom. The van der Waals surface area contributed by atoms with E-state index in [1.807, 2.05) is 43.3 Å². The third-order valence-electron chi connectivity index (χ3n) is 3.94. The zero-order valence-corrected chi connectivity index (χ0v) is 15.6. The molecule has 0 aliphatic carbocycles. The highest BCUT2D eigenvalue weighted by molar-refractivity contribution is 7.89. The Morgan fingerprint density at radius 1 is 1.08 bits per heavy atom. The van der Waals surface area contributed by atoms with Crippen molar-refractivity contribution < 1.29 is 13.2 Å². The monoisotopic (exact) mass is 360 g/mol. The van der Waals surface area contributed by atoms with Gasteiger partial charge in [0.2, 0.25) is 15.9 Å². The number of carbonyl (C=O) groups is 1. The summed E-state index contributed by atoms with van der Waals surface area (Å²) in [7, 11) is -1.89. The van der Waals surface area contributed by atoms with Gasteiger partial charge in [-0.1, -0.05) is 48.0 Å². The number of hydrogen-bond donors (Lipinski definition) is 1. The van der Waals surface area contributed by atoms with E-state index in [4.69, 9.17) is 0 Å². The first-order chi connectivity index (χ1) is 11.8. The van der Waals surface area contributed by atoms with Gasteiger partial charge in [0.1, 0.15) is 0 Å². The van der Waals surface area contributed by atoms with E-state index in [0.717, 1.165) is 11.1 Å². The molecule has 0 atom stereocenters. The maximum absolute atomic E-state index is 12.4. The lowest BCUT2D eigenvalue weighted by Crippen LogP contribution is -2.32. The molecule has 0 unspecified atom stereocenters. The Bertz CT molecular complexity index is 833. The lowest BCUT2D eigenvalue weighted by molar-refractivity contribution is -0.130. The molecular weight excluding hydrogens is 336 g/mol. The van der Waals surface area contributed by atoms with Crippen molar-refractivity contribution in [2.24, 2.45) is 0 Å². The summed E-state index contributed by atoms with van der Waals surface area (Å²) in [5.41, 5.74) is 2.74. The number of carbonyl (C=O) groups excluding carboxylic acids is 1. The van der Waals surface area contributed by atoms with Crippen LogP contribution in [0.2, 0.25) is 0 Å². The van der Waals surface area contributed by atoms with Crippen molar-refractivity contribution in [3.05, 3.63) is 65.2 Å². The molecule has 0 aliphatic heterocycles. The minimum Gasteiger partial charge on any atom is -0.341 e. The van der Waals surface area contributed by atoms with Crippen LogP contribution < -0.4 is 4.72 Å². The first kappa shape index (κ1) is 19.1. The molecule has 134 valence electrons. The van der Waals surface area contributed by atoms with Crippen LogP contribution in [0, 0.1) is 13.8 Å². The number of rotatable bonds is 7. The fourth-order valence-corrected chi connectivity index (χ4v) is 3.86. The van der Waals surface area contributed by atoms with Crippen LogP contribution in [-0.4, -0.2) is 32.8 Å². The van der Waals surface area contributed by atoms with Crippen molar-refractivity contribution in [2.75, 3.05) is 13.6 Å². The maximum atomic E-state index is 12.4. The fraction of sp³-hybridized carbons (Fsp3) is 0.316. The zero-order valence-electron chi connectivity index (χ0n) is 14.8. The van der Waals surface area contributed by atoms with E-state index >= 15 is 0 Å². The van der Waals surface area contributed by atoms with Crippen LogP contribution in [0.25, 0.3) is 0 Å². The van der Waals surface area contributed by atoms with Crippen molar-refractivity contribution in [1.82, 2.24) is 9.62 Å². The topological polar surface area (TPSA) is 66.5 Å². The molecule has 1 N–H and O–H groups in total. The minimum absolute atomic E-state index is 0.0770. The molecule has 25 heavy (non-hydrogen) atoms. The van der Waals surface area contributed by atoms with Crippen LogP contribution in [-0.2, 0) is 21.4 Å². The van der Waals surface area contributed by atoms with Crippen LogP contribution in [0.3, 0.4) is 0 Å². The Morgan fingerprint density at radius 3 is 2.40 bits per heavy atom. The van der Waals surface area contributed by atoms with Gasteiger partial charge in [-0.05, 0) is 31.0 Å². The number of sulfonamides is 1. The summed E-state index contributed by atoms with van der Waals surface area (Å²) < 4.78 is 27.3. The van der Waals surface area contributed by atoms with Gasteiger partial charge in [0, 0.05) is 26.6 Å². The van der Waals surface area contributed by atoms with E-state index in [0.29, 0.717) is 12.1 Å². The predicted molar refractivity (Wildman–Crippen MR) is 98.6 cm³/mol. The summed E-state index contributed by atoms with van der Waals surface area (Å²) in [5.74, 6) is -0.104. The number of hydrogen-bond acceptors (Lipinski definition) is 3. The second-order valence-corrected chi connectivity index (χ2v) is 7.89. The Hall–Kier alpha value is -2.18. The number of benzene rings is 2. The average molecular weight is 360 g/mol. The quantitative estimate of drug-likeness (QED) is 0.825. The van der Waals surface area contributed by atoms with Gasteiger partial charge in [0.15, 0.2) is 0 Å². The molecule has 0 bridgehead atoms. The number of aryl methyl sites for hydroxylation is 2. The molecular formula is C19H24N2O3S. The Labute approximate surface area is 149 Å². The molecule has 5 nitrogen and oxygen atoms in total. The van der Waals surface area contributed by atoms with Crippen molar-refractivity contribution in [3.8, 4) is 0 Å². The normalized spacial score (nSPS) is 11.3. The maximum Gasteiger partial charge on any atom is 0.240 e. The summed E-state index contributed by atoms with van der Waals surface area (Å²) in [4.78, 5) is 14.0. The summed E-state index contributed by atoms with van der Waals surface area (Å²) in [6.07, 6.45) is 0.119. The van der Waals surface area contributed by atoms with Crippen LogP contribution in [0.4, 0.5) is 0 Å². The Balaban J connectivity index is 1.89. The van der Waals surface area contributed by atoms with E-state index in [-0.39, 0.29) is 23.8 Å². The lowest BCUT2D eigenvalue weighted by atomic mass is 10.2. The van der Waals surface area contributed by atoms with Crippen molar-refractivity contribution in [1.29, 1.82) is 0 Å². The summed E-state index contributed by atoms with van der Waals surface area (Å²) in [5, 5.41) is 0. The van der Waals surface area contributed by atoms with Crippen molar-refractivity contribution in [2.45, 2.75) is 31.7 Å². The predicted octanol–water partition coefficient (Wildman–Crippen LogP) is 2.63. The first-order valence-corrected chi connectivity index (χ1v) is 9.63. The van der Waals surface area contributed by atoms with Gasteiger partial charge in [-0.3, -0.25) is 4.79 Å². The summed E-state index contributed by atoms with van der Waals surface area (Å²) in [6.45, 7) is 4.26. The van der Waals surface area contributed by atoms with Gasteiger partial charge in [0.25, 0.3) is 0 Å². The van der Waals surface area contributed by atoms with E-state index < -0.39 is 10.0 Å². The molecule has 0 heterocycles. The number of nitrogens with one attached hydrogen (secondary N) is 1. The largest absolute Gasteiger partial charge is 0.341 e. The Kier molecular flexibility index (Phi) is 6.33. The zero-order chi connectivity index (χ0) is 18.4. The summed E-state index contributed by atoms with van der Waals surface area (Å²) in [6, 6.07) is 14.9. The molecule has 0 radical (unpaired) electrons. The second-order valence-electron chi connectivity index (χ2n) is 6.15. The fourth-order valence-electron chi connectivity index (χ4n) is 2.61. The lowest BCUT2D eigenvalue weighted by Gasteiger charge is -2.17. The molecule has 2 aromatic carbocycles. The van der Waals surface area contributed by atoms with Crippen LogP contribution >= 0.6 is 0 Å². The highest BCUT2D eigenvalue weighted by atomic mass is 32.2. The number of amides is 1. The third-order valence-corrected chi connectivity index (χ3v) is 5.56. The van der Waals surface area contributed by atoms with Crippen molar-refractivity contribution >= 4 is 15.9 Å². The molecule has 2 rings (SSSR count). The molecule has 0 saturated heterocycles. The molecule has 0 aromatic heterocycles.